The number of unbranched alkanes of at least 4 members (excludes halogenated alkanes) is 2. The van der Waals surface area contributed by atoms with Crippen LogP contribution in [0.4, 0.5) is 0 Å². The van der Waals surface area contributed by atoms with E-state index in [4.69, 9.17) is 42.9 Å². The topological polar surface area (TPSA) is 280 Å². The second-order valence-electron chi connectivity index (χ2n) is 9.97. The standard InChI is InChI=1S/C23H49N7O8/c24-5-2-1-3-7-29-8-9-36-21-13(30-22(35)14(31)4-6-25)10-12(27)20(19(21)34)38-23-16(28)18(33)17(32)15(11-26)37-23/h12-21,23,29,31-34H,1-11,24-28H2,(H,30,35)/t12-,13+,14-,15+,16+,17+,18+,19-,20+,21-,23+/m0/s1. The van der Waals surface area contributed by atoms with Crippen molar-refractivity contribution in [2.45, 2.75) is 99.2 Å². The minimum Gasteiger partial charge on any atom is -0.388 e. The van der Waals surface area contributed by atoms with Gasteiger partial charge in [-0.25, -0.2) is 0 Å². The van der Waals surface area contributed by atoms with Gasteiger partial charge in [0.15, 0.2) is 6.29 Å². The monoisotopic (exact) mass is 551 g/mol. The molecule has 0 radical (unpaired) electrons. The molecule has 0 aromatic carbocycles. The van der Waals surface area contributed by atoms with E-state index in [9.17, 15) is 25.2 Å². The van der Waals surface area contributed by atoms with Gasteiger partial charge in [-0.15, -0.1) is 0 Å². The Bertz CT molecular complexity index is 682. The van der Waals surface area contributed by atoms with Crippen LogP contribution in [-0.4, -0.2) is 133 Å². The summed E-state index contributed by atoms with van der Waals surface area (Å²) in [7, 11) is 0. The fourth-order valence-corrected chi connectivity index (χ4v) is 4.73. The van der Waals surface area contributed by atoms with E-state index < -0.39 is 73.1 Å². The molecule has 1 heterocycles. The molecule has 2 rings (SSSR count). The number of hydrogen-bond donors (Lipinski definition) is 11. The zero-order valence-electron chi connectivity index (χ0n) is 21.9. The predicted molar refractivity (Wildman–Crippen MR) is 138 cm³/mol. The molecule has 16 N–H and O–H groups in total. The van der Waals surface area contributed by atoms with Gasteiger partial charge in [0.05, 0.1) is 18.7 Å². The zero-order valence-corrected chi connectivity index (χ0v) is 21.9. The fraction of sp³-hybridized carbons (Fsp3) is 0.957. The number of carbonyl (C=O) groups excluding carboxylic acids is 1. The predicted octanol–water partition coefficient (Wildman–Crippen LogP) is -5.51. The summed E-state index contributed by atoms with van der Waals surface area (Å²) >= 11 is 0. The van der Waals surface area contributed by atoms with E-state index in [0.717, 1.165) is 25.8 Å². The highest BCUT2D eigenvalue weighted by Crippen LogP contribution is 2.29. The number of hydrogen-bond acceptors (Lipinski definition) is 14. The molecule has 1 amide bonds. The Morgan fingerprint density at radius 2 is 1.71 bits per heavy atom. The Kier molecular flexibility index (Phi) is 14.8. The lowest BCUT2D eigenvalue weighted by atomic mass is 9.83. The molecule has 15 heteroatoms. The van der Waals surface area contributed by atoms with Crippen molar-refractivity contribution < 1.29 is 39.4 Å². The maximum absolute atomic E-state index is 12.5. The van der Waals surface area contributed by atoms with Crippen LogP contribution in [-0.2, 0) is 19.0 Å². The van der Waals surface area contributed by atoms with E-state index in [1.54, 1.807) is 0 Å². The quantitative estimate of drug-likeness (QED) is 0.0798. The molecule has 224 valence electrons. The van der Waals surface area contributed by atoms with Crippen LogP contribution < -0.4 is 39.3 Å². The number of ether oxygens (including phenoxy) is 3. The third kappa shape index (κ3) is 9.26. The fourth-order valence-electron chi connectivity index (χ4n) is 4.73. The number of amides is 1. The molecular formula is C23H49N7O8. The van der Waals surface area contributed by atoms with Crippen molar-refractivity contribution in [2.75, 3.05) is 39.3 Å². The molecule has 0 spiro atoms. The van der Waals surface area contributed by atoms with E-state index in [1.807, 2.05) is 0 Å². The van der Waals surface area contributed by atoms with Crippen LogP contribution in [0.2, 0.25) is 0 Å². The van der Waals surface area contributed by atoms with Crippen LogP contribution in [0.25, 0.3) is 0 Å². The number of nitrogens with one attached hydrogen (secondary N) is 2. The summed E-state index contributed by atoms with van der Waals surface area (Å²) in [6.45, 7) is 2.20. The number of carbonyl (C=O) groups is 1. The van der Waals surface area contributed by atoms with E-state index in [0.29, 0.717) is 13.1 Å². The second kappa shape index (κ2) is 16.9. The van der Waals surface area contributed by atoms with Gasteiger partial charge >= 0.3 is 0 Å². The number of aliphatic hydroxyl groups is 4. The lowest BCUT2D eigenvalue weighted by Crippen LogP contribution is -2.68. The van der Waals surface area contributed by atoms with Crippen LogP contribution in [0.15, 0.2) is 0 Å². The highest BCUT2D eigenvalue weighted by Gasteiger charge is 2.49. The van der Waals surface area contributed by atoms with Crippen molar-refractivity contribution in [1.29, 1.82) is 0 Å². The summed E-state index contributed by atoms with van der Waals surface area (Å²) in [5, 5.41) is 47.7. The molecule has 2 aliphatic rings. The van der Waals surface area contributed by atoms with Crippen LogP contribution in [0, 0.1) is 0 Å². The average Bonchev–Trinajstić information content (AvgIpc) is 2.89. The van der Waals surface area contributed by atoms with Crippen molar-refractivity contribution in [3.63, 3.8) is 0 Å². The Labute approximate surface area is 223 Å². The lowest BCUT2D eigenvalue weighted by molar-refractivity contribution is -0.289. The van der Waals surface area contributed by atoms with Gasteiger partial charge in [0.1, 0.15) is 42.7 Å². The molecule has 1 aliphatic heterocycles. The number of rotatable bonds is 16. The van der Waals surface area contributed by atoms with Crippen LogP contribution in [0.3, 0.4) is 0 Å². The molecule has 11 atom stereocenters. The smallest absolute Gasteiger partial charge is 0.249 e. The number of aliphatic hydroxyl groups excluding tert-OH is 4. The van der Waals surface area contributed by atoms with Gasteiger partial charge in [-0.3, -0.25) is 4.79 Å². The molecule has 1 saturated heterocycles. The highest BCUT2D eigenvalue weighted by atomic mass is 16.7. The van der Waals surface area contributed by atoms with Gasteiger partial charge in [-0.1, -0.05) is 6.42 Å². The van der Waals surface area contributed by atoms with Crippen molar-refractivity contribution in [3.8, 4) is 0 Å². The maximum Gasteiger partial charge on any atom is 0.249 e. The third-order valence-corrected chi connectivity index (χ3v) is 7.01. The molecule has 0 bridgehead atoms. The van der Waals surface area contributed by atoms with E-state index >= 15 is 0 Å². The summed E-state index contributed by atoms with van der Waals surface area (Å²) in [5.74, 6) is -0.647. The highest BCUT2D eigenvalue weighted by molar-refractivity contribution is 5.80. The first-order chi connectivity index (χ1) is 18.2. The van der Waals surface area contributed by atoms with Crippen LogP contribution >= 0.6 is 0 Å². The van der Waals surface area contributed by atoms with Gasteiger partial charge in [0.25, 0.3) is 0 Å². The summed E-state index contributed by atoms with van der Waals surface area (Å²) in [6.07, 6.45) is -6.23. The molecular weight excluding hydrogens is 502 g/mol. The molecule has 0 unspecified atom stereocenters. The van der Waals surface area contributed by atoms with Crippen LogP contribution in [0.1, 0.15) is 32.1 Å². The molecule has 1 aliphatic carbocycles. The molecule has 0 aromatic rings. The largest absolute Gasteiger partial charge is 0.388 e. The lowest BCUT2D eigenvalue weighted by Gasteiger charge is -2.47. The van der Waals surface area contributed by atoms with Gasteiger partial charge < -0.3 is 73.9 Å². The summed E-state index contributed by atoms with van der Waals surface area (Å²) < 4.78 is 17.6. The van der Waals surface area contributed by atoms with Gasteiger partial charge in [0, 0.05) is 19.1 Å². The van der Waals surface area contributed by atoms with Crippen molar-refractivity contribution in [2.24, 2.45) is 28.7 Å². The molecule has 2 fully saturated rings. The van der Waals surface area contributed by atoms with Crippen molar-refractivity contribution in [3.05, 3.63) is 0 Å². The van der Waals surface area contributed by atoms with E-state index in [-0.39, 0.29) is 32.5 Å². The third-order valence-electron chi connectivity index (χ3n) is 7.01. The summed E-state index contributed by atoms with van der Waals surface area (Å²) in [5.41, 5.74) is 28.9. The summed E-state index contributed by atoms with van der Waals surface area (Å²) in [4.78, 5) is 12.5. The van der Waals surface area contributed by atoms with Gasteiger partial charge in [-0.05, 0) is 45.3 Å². The summed E-state index contributed by atoms with van der Waals surface area (Å²) in [6, 6.07) is -2.65. The molecule has 38 heavy (non-hydrogen) atoms. The Morgan fingerprint density at radius 1 is 0.974 bits per heavy atom. The average molecular weight is 552 g/mol. The van der Waals surface area contributed by atoms with Crippen molar-refractivity contribution >= 4 is 5.91 Å². The SMILES string of the molecule is NCCCCCNCCO[C@@H]1[C@@H](O)[C@H](O[C@H]2O[C@H](CN)[C@@H](O)[C@H](O)[C@H]2N)[C@@H](N)C[C@H]1NC(=O)[C@@H](O)CCN. The number of nitrogens with two attached hydrogens (primary N) is 5. The Morgan fingerprint density at radius 3 is 2.37 bits per heavy atom. The molecule has 1 saturated carbocycles. The second-order valence-corrected chi connectivity index (χ2v) is 9.97. The normalized spacial score (nSPS) is 36.7. The van der Waals surface area contributed by atoms with E-state index in [1.165, 1.54) is 0 Å². The molecule has 0 aromatic heterocycles. The minimum atomic E-state index is -1.36. The first-order valence-corrected chi connectivity index (χ1v) is 13.4. The van der Waals surface area contributed by atoms with Crippen LogP contribution in [0.5, 0.6) is 0 Å². The van der Waals surface area contributed by atoms with Gasteiger partial charge in [0.2, 0.25) is 5.91 Å². The Hall–Kier alpha value is -1.05. The first-order valence-electron chi connectivity index (χ1n) is 13.4. The molecule has 15 nitrogen and oxygen atoms in total. The van der Waals surface area contributed by atoms with Gasteiger partial charge in [-0.2, -0.15) is 0 Å². The zero-order chi connectivity index (χ0) is 28.2. The Balaban J connectivity index is 2.07. The minimum absolute atomic E-state index is 0.0753. The first kappa shape index (κ1) is 33.2. The maximum atomic E-state index is 12.5. The van der Waals surface area contributed by atoms with Crippen molar-refractivity contribution in [1.82, 2.24) is 10.6 Å². The van der Waals surface area contributed by atoms with E-state index in [2.05, 4.69) is 10.6 Å².